The van der Waals surface area contributed by atoms with E-state index in [4.69, 9.17) is 4.74 Å². The van der Waals surface area contributed by atoms with Gasteiger partial charge in [-0.2, -0.15) is 0 Å². The molecule has 0 amide bonds. The van der Waals surface area contributed by atoms with Crippen molar-refractivity contribution >= 4 is 29.9 Å². The van der Waals surface area contributed by atoms with Gasteiger partial charge in [-0.05, 0) is 51.3 Å². The molecule has 5 nitrogen and oxygen atoms in total. The molecule has 0 aromatic heterocycles. The van der Waals surface area contributed by atoms with Crippen molar-refractivity contribution in [3.8, 4) is 0 Å². The third kappa shape index (κ3) is 6.32. The lowest BCUT2D eigenvalue weighted by molar-refractivity contribution is -0.0265. The van der Waals surface area contributed by atoms with E-state index < -0.39 is 0 Å². The Hall–Kier alpha value is -0.860. The topological polar surface area (TPSA) is 48.9 Å². The molecule has 2 aliphatic heterocycles. The molecule has 2 aliphatic rings. The highest BCUT2D eigenvalue weighted by Gasteiger charge is 2.28. The van der Waals surface area contributed by atoms with E-state index in [1.807, 2.05) is 7.05 Å². The predicted octanol–water partition coefficient (Wildman–Crippen LogP) is 3.73. The summed E-state index contributed by atoms with van der Waals surface area (Å²) in [5.41, 5.74) is 2.58. The van der Waals surface area contributed by atoms with Crippen LogP contribution in [-0.4, -0.2) is 56.7 Å². The van der Waals surface area contributed by atoms with Gasteiger partial charge in [-0.3, -0.25) is 9.89 Å². The molecule has 3 unspecified atom stereocenters. The molecule has 28 heavy (non-hydrogen) atoms. The van der Waals surface area contributed by atoms with Crippen LogP contribution in [0.25, 0.3) is 0 Å². The molecule has 3 rings (SSSR count). The van der Waals surface area contributed by atoms with Crippen molar-refractivity contribution in [2.24, 2.45) is 10.9 Å². The van der Waals surface area contributed by atoms with Gasteiger partial charge in [-0.15, -0.1) is 24.0 Å². The van der Waals surface area contributed by atoms with Crippen LogP contribution < -0.4 is 10.6 Å². The molecule has 0 aliphatic carbocycles. The third-order valence-electron chi connectivity index (χ3n) is 6.02. The van der Waals surface area contributed by atoms with Crippen molar-refractivity contribution in [1.29, 1.82) is 0 Å². The minimum Gasteiger partial charge on any atom is -0.373 e. The van der Waals surface area contributed by atoms with Crippen LogP contribution in [0, 0.1) is 12.8 Å². The normalized spacial score (nSPS) is 26.0. The van der Waals surface area contributed by atoms with Crippen molar-refractivity contribution in [3.05, 3.63) is 35.4 Å². The van der Waals surface area contributed by atoms with Crippen molar-refractivity contribution < 1.29 is 4.74 Å². The van der Waals surface area contributed by atoms with Crippen LogP contribution in [0.4, 0.5) is 0 Å². The molecule has 158 valence electrons. The van der Waals surface area contributed by atoms with Gasteiger partial charge >= 0.3 is 0 Å². The molecule has 2 saturated heterocycles. The number of hydrogen-bond acceptors (Lipinski definition) is 3. The van der Waals surface area contributed by atoms with Crippen LogP contribution in [0.1, 0.15) is 49.8 Å². The van der Waals surface area contributed by atoms with Gasteiger partial charge in [0.25, 0.3) is 0 Å². The summed E-state index contributed by atoms with van der Waals surface area (Å²) in [7, 11) is 1.86. The second kappa shape index (κ2) is 12.0. The number of likely N-dealkylation sites (tertiary alicyclic amines) is 1. The van der Waals surface area contributed by atoms with Crippen LogP contribution in [0.3, 0.4) is 0 Å². The van der Waals surface area contributed by atoms with Gasteiger partial charge in [-0.25, -0.2) is 0 Å². The minimum absolute atomic E-state index is 0. The zero-order valence-corrected chi connectivity index (χ0v) is 19.9. The van der Waals surface area contributed by atoms with E-state index >= 15 is 0 Å². The van der Waals surface area contributed by atoms with E-state index in [2.05, 4.69) is 58.6 Å². The highest BCUT2D eigenvalue weighted by molar-refractivity contribution is 14.0. The third-order valence-corrected chi connectivity index (χ3v) is 6.02. The van der Waals surface area contributed by atoms with Crippen LogP contribution in [0.15, 0.2) is 29.3 Å². The van der Waals surface area contributed by atoms with Crippen LogP contribution in [0.2, 0.25) is 0 Å². The number of aliphatic imine (C=N–C) groups is 1. The molecule has 0 saturated carbocycles. The summed E-state index contributed by atoms with van der Waals surface area (Å²) in [5.74, 6) is 1.38. The molecule has 1 aromatic rings. The number of aryl methyl sites for hydroxylation is 1. The van der Waals surface area contributed by atoms with Crippen LogP contribution >= 0.6 is 24.0 Å². The van der Waals surface area contributed by atoms with Gasteiger partial charge in [0.1, 0.15) is 0 Å². The number of rotatable bonds is 6. The van der Waals surface area contributed by atoms with Gasteiger partial charge in [0.2, 0.25) is 0 Å². The summed E-state index contributed by atoms with van der Waals surface area (Å²) in [4.78, 5) is 6.99. The van der Waals surface area contributed by atoms with Gasteiger partial charge in [0.05, 0.1) is 6.10 Å². The Morgan fingerprint density at radius 2 is 1.89 bits per heavy atom. The SMILES string of the molecule is CCN1CCCC1CNC(=NC)NCC1CCCOC1c1ccc(C)cc1.I. The quantitative estimate of drug-likeness (QED) is 0.355. The van der Waals surface area contributed by atoms with Gasteiger partial charge < -0.3 is 15.4 Å². The molecule has 2 heterocycles. The Kier molecular flexibility index (Phi) is 10.0. The van der Waals surface area contributed by atoms with Crippen molar-refractivity contribution in [2.75, 3.05) is 39.8 Å². The van der Waals surface area contributed by atoms with E-state index in [0.717, 1.165) is 38.6 Å². The van der Waals surface area contributed by atoms with Crippen molar-refractivity contribution in [1.82, 2.24) is 15.5 Å². The van der Waals surface area contributed by atoms with Gasteiger partial charge in [-0.1, -0.05) is 36.8 Å². The molecule has 0 bridgehead atoms. The molecular weight excluding hydrogens is 463 g/mol. The fourth-order valence-corrected chi connectivity index (χ4v) is 4.38. The smallest absolute Gasteiger partial charge is 0.191 e. The second-order valence-electron chi connectivity index (χ2n) is 7.86. The zero-order valence-electron chi connectivity index (χ0n) is 17.6. The van der Waals surface area contributed by atoms with E-state index in [9.17, 15) is 0 Å². The number of nitrogens with one attached hydrogen (secondary N) is 2. The summed E-state index contributed by atoms with van der Waals surface area (Å²) in [6.07, 6.45) is 5.09. The zero-order chi connectivity index (χ0) is 19.1. The monoisotopic (exact) mass is 500 g/mol. The van der Waals surface area contributed by atoms with E-state index in [1.165, 1.54) is 36.9 Å². The Morgan fingerprint density at radius 1 is 1.14 bits per heavy atom. The predicted molar refractivity (Wildman–Crippen MR) is 128 cm³/mol. The maximum absolute atomic E-state index is 6.15. The van der Waals surface area contributed by atoms with Gasteiger partial charge in [0.15, 0.2) is 5.96 Å². The van der Waals surface area contributed by atoms with E-state index in [1.54, 1.807) is 0 Å². The summed E-state index contributed by atoms with van der Waals surface area (Å²) >= 11 is 0. The maximum atomic E-state index is 6.15. The number of halogens is 1. The average Bonchev–Trinajstić information content (AvgIpc) is 3.17. The fraction of sp³-hybridized carbons (Fsp3) is 0.682. The Balaban J connectivity index is 0.00000280. The lowest BCUT2D eigenvalue weighted by Gasteiger charge is -2.33. The fourth-order valence-electron chi connectivity index (χ4n) is 4.38. The summed E-state index contributed by atoms with van der Waals surface area (Å²) in [5, 5.41) is 7.08. The number of hydrogen-bond donors (Lipinski definition) is 2. The number of nitrogens with zero attached hydrogens (tertiary/aromatic N) is 2. The van der Waals surface area contributed by atoms with Crippen LogP contribution in [-0.2, 0) is 4.74 Å². The molecule has 1 aromatic carbocycles. The average molecular weight is 500 g/mol. The molecule has 2 fully saturated rings. The highest BCUT2D eigenvalue weighted by Crippen LogP contribution is 2.33. The molecular formula is C22H37IN4O. The first-order valence-electron chi connectivity index (χ1n) is 10.6. The number of ether oxygens (including phenoxy) is 1. The molecule has 0 spiro atoms. The van der Waals surface area contributed by atoms with E-state index in [0.29, 0.717) is 12.0 Å². The first-order valence-corrected chi connectivity index (χ1v) is 10.6. The first kappa shape index (κ1) is 23.4. The maximum Gasteiger partial charge on any atom is 0.191 e. The van der Waals surface area contributed by atoms with Crippen LogP contribution in [0.5, 0.6) is 0 Å². The lowest BCUT2D eigenvalue weighted by atomic mass is 9.89. The van der Waals surface area contributed by atoms with Gasteiger partial charge in [0, 0.05) is 38.7 Å². The minimum atomic E-state index is 0. The Bertz CT molecular complexity index is 607. The second-order valence-corrected chi connectivity index (χ2v) is 7.86. The standard InChI is InChI=1S/C22H36N4O.HI/c1-4-26-13-5-8-20(26)16-25-22(23-3)24-15-19-7-6-14-27-21(19)18-11-9-17(2)10-12-18;/h9-12,19-21H,4-8,13-16H2,1-3H3,(H2,23,24,25);1H. The Labute approximate surface area is 187 Å². The lowest BCUT2D eigenvalue weighted by Crippen LogP contribution is -2.46. The van der Waals surface area contributed by atoms with Crippen molar-refractivity contribution in [2.45, 2.75) is 51.7 Å². The largest absolute Gasteiger partial charge is 0.373 e. The molecule has 2 N–H and O–H groups in total. The summed E-state index contributed by atoms with van der Waals surface area (Å²) in [6.45, 7) is 9.46. The number of guanidine groups is 1. The van der Waals surface area contributed by atoms with E-state index in [-0.39, 0.29) is 30.1 Å². The summed E-state index contributed by atoms with van der Waals surface area (Å²) in [6, 6.07) is 9.42. The first-order chi connectivity index (χ1) is 13.2. The van der Waals surface area contributed by atoms with Crippen molar-refractivity contribution in [3.63, 3.8) is 0 Å². The molecule has 3 atom stereocenters. The summed E-state index contributed by atoms with van der Waals surface area (Å²) < 4.78 is 6.15. The highest BCUT2D eigenvalue weighted by atomic mass is 127. The molecule has 0 radical (unpaired) electrons. The Morgan fingerprint density at radius 3 is 2.61 bits per heavy atom. The number of likely N-dealkylation sites (N-methyl/N-ethyl adjacent to an activating group) is 1. The molecule has 6 heteroatoms. The number of benzene rings is 1.